The number of hydrogen-bond donors (Lipinski definition) is 3. The van der Waals surface area contributed by atoms with Crippen molar-refractivity contribution in [3.05, 3.63) is 23.9 Å². The Bertz CT molecular complexity index is 244. The fourth-order valence-electron chi connectivity index (χ4n) is 2.09. The summed E-state index contributed by atoms with van der Waals surface area (Å²) in [7, 11) is 0. The molecule has 3 rings (SSSR count). The predicted octanol–water partition coefficient (Wildman–Crippen LogP) is -0.496. The van der Waals surface area contributed by atoms with Crippen LogP contribution < -0.4 is 16.2 Å². The summed E-state index contributed by atoms with van der Waals surface area (Å²) in [5.74, 6) is 0.692. The molecule has 0 aliphatic carbocycles. The summed E-state index contributed by atoms with van der Waals surface area (Å²) in [6.07, 6.45) is 6.68. The monoisotopic (exact) mass is 149 g/mol. The van der Waals surface area contributed by atoms with E-state index < -0.39 is 0 Å². The highest BCUT2D eigenvalue weighted by Crippen LogP contribution is 2.26. The molecule has 0 radical (unpaired) electrons. The first-order chi connectivity index (χ1) is 5.43. The molecular weight excluding hydrogens is 138 g/mol. The lowest BCUT2D eigenvalue weighted by Gasteiger charge is -2.26. The number of hydrazine groups is 1. The Hall–Kier alpha value is -0.800. The van der Waals surface area contributed by atoms with Gasteiger partial charge >= 0.3 is 0 Å². The lowest BCUT2D eigenvalue weighted by atomic mass is 9.92. The van der Waals surface area contributed by atoms with E-state index in [1.165, 1.54) is 5.70 Å². The fourth-order valence-corrected chi connectivity index (χ4v) is 2.09. The molecule has 2 bridgehead atoms. The second-order valence-corrected chi connectivity index (χ2v) is 3.37. The molecule has 3 heterocycles. The van der Waals surface area contributed by atoms with Crippen molar-refractivity contribution in [2.75, 3.05) is 6.54 Å². The van der Waals surface area contributed by atoms with Crippen LogP contribution in [0.1, 0.15) is 0 Å². The van der Waals surface area contributed by atoms with Gasteiger partial charge in [-0.1, -0.05) is 6.08 Å². The lowest BCUT2D eigenvalue weighted by Crippen LogP contribution is -2.42. The van der Waals surface area contributed by atoms with Gasteiger partial charge in [-0.25, -0.2) is 0 Å². The summed E-state index contributed by atoms with van der Waals surface area (Å²) in [5.41, 5.74) is 7.70. The van der Waals surface area contributed by atoms with Crippen molar-refractivity contribution in [3.8, 4) is 0 Å². The Labute approximate surface area is 65.5 Å². The van der Waals surface area contributed by atoms with Gasteiger partial charge in [0.2, 0.25) is 0 Å². The number of rotatable bonds is 0. The highest BCUT2D eigenvalue weighted by molar-refractivity contribution is 5.34. The van der Waals surface area contributed by atoms with Gasteiger partial charge in [-0.3, -0.25) is 10.9 Å². The second kappa shape index (κ2) is 1.87. The molecule has 1 fully saturated rings. The molecule has 1 saturated heterocycles. The molecule has 0 spiro atoms. The van der Waals surface area contributed by atoms with E-state index in [4.69, 9.17) is 0 Å². The van der Waals surface area contributed by atoms with E-state index in [0.717, 1.165) is 6.54 Å². The van der Waals surface area contributed by atoms with Crippen LogP contribution in [0.2, 0.25) is 0 Å². The van der Waals surface area contributed by atoms with E-state index in [-0.39, 0.29) is 0 Å². The number of nitrogens with one attached hydrogen (secondary N) is 3. The van der Waals surface area contributed by atoms with Crippen molar-refractivity contribution >= 4 is 0 Å². The van der Waals surface area contributed by atoms with Gasteiger partial charge in [0, 0.05) is 24.2 Å². The molecule has 0 amide bonds. The molecule has 3 nitrogen and oxygen atoms in total. The molecule has 0 aromatic rings. The van der Waals surface area contributed by atoms with E-state index in [1.54, 1.807) is 0 Å². The Morgan fingerprint density at radius 3 is 3.36 bits per heavy atom. The van der Waals surface area contributed by atoms with Crippen LogP contribution in [0.3, 0.4) is 0 Å². The summed E-state index contributed by atoms with van der Waals surface area (Å²) in [6.45, 7) is 1.07. The van der Waals surface area contributed by atoms with Crippen LogP contribution in [-0.2, 0) is 0 Å². The molecule has 0 saturated carbocycles. The first-order valence-corrected chi connectivity index (χ1v) is 4.08. The van der Waals surface area contributed by atoms with Gasteiger partial charge < -0.3 is 5.32 Å². The van der Waals surface area contributed by atoms with Crippen molar-refractivity contribution in [3.63, 3.8) is 0 Å². The molecule has 3 aliphatic rings. The van der Waals surface area contributed by atoms with Crippen molar-refractivity contribution in [1.82, 2.24) is 16.2 Å². The van der Waals surface area contributed by atoms with Crippen LogP contribution in [0, 0.1) is 5.92 Å². The second-order valence-electron chi connectivity index (χ2n) is 3.37. The summed E-state index contributed by atoms with van der Waals surface area (Å²) in [5, 5.41) is 3.43. The average Bonchev–Trinajstić information content (AvgIpc) is 2.58. The van der Waals surface area contributed by atoms with Crippen LogP contribution in [0.5, 0.6) is 0 Å². The number of hydrogen-bond acceptors (Lipinski definition) is 3. The van der Waals surface area contributed by atoms with Gasteiger partial charge in [0.15, 0.2) is 0 Å². The van der Waals surface area contributed by atoms with E-state index in [0.29, 0.717) is 18.0 Å². The minimum atomic E-state index is 0.534. The van der Waals surface area contributed by atoms with E-state index in [9.17, 15) is 0 Å². The largest absolute Gasteiger partial charge is 0.379 e. The Kier molecular flexibility index (Phi) is 0.985. The quantitative estimate of drug-likeness (QED) is 0.435. The zero-order valence-electron chi connectivity index (χ0n) is 6.17. The molecule has 0 aromatic carbocycles. The summed E-state index contributed by atoms with van der Waals surface area (Å²) < 4.78 is 0. The van der Waals surface area contributed by atoms with Gasteiger partial charge in [-0.05, 0) is 12.2 Å². The maximum atomic E-state index is 3.43. The molecule has 3 N–H and O–H groups in total. The maximum Gasteiger partial charge on any atom is 0.0507 e. The van der Waals surface area contributed by atoms with Gasteiger partial charge in [-0.2, -0.15) is 0 Å². The number of allylic oxidation sites excluding steroid dienone is 1. The van der Waals surface area contributed by atoms with Crippen LogP contribution >= 0.6 is 0 Å². The Morgan fingerprint density at radius 1 is 1.36 bits per heavy atom. The maximum absolute atomic E-state index is 3.43. The molecular formula is C8H11N3. The van der Waals surface area contributed by atoms with Gasteiger partial charge in [0.05, 0.1) is 6.04 Å². The van der Waals surface area contributed by atoms with Gasteiger partial charge in [0.25, 0.3) is 0 Å². The average molecular weight is 149 g/mol. The molecule has 11 heavy (non-hydrogen) atoms. The van der Waals surface area contributed by atoms with Crippen molar-refractivity contribution in [2.45, 2.75) is 12.1 Å². The highest BCUT2D eigenvalue weighted by atomic mass is 15.4. The molecule has 0 aromatic heterocycles. The standard InChI is InChI=1S/C8H11N3/c1-2-7-6-4-9-11-8(6)3-5(1)10-7/h1-3,6-11H,4H2. The van der Waals surface area contributed by atoms with Crippen molar-refractivity contribution in [1.29, 1.82) is 0 Å². The third kappa shape index (κ3) is 0.695. The molecule has 3 heteroatoms. The van der Waals surface area contributed by atoms with Gasteiger partial charge in [-0.15, -0.1) is 0 Å². The summed E-state index contributed by atoms with van der Waals surface area (Å²) in [6, 6.07) is 1.09. The van der Waals surface area contributed by atoms with E-state index >= 15 is 0 Å². The first kappa shape index (κ1) is 5.80. The molecule has 58 valence electrons. The number of fused-ring (bicyclic) bond motifs is 4. The smallest absolute Gasteiger partial charge is 0.0507 e. The van der Waals surface area contributed by atoms with Crippen LogP contribution in [0.4, 0.5) is 0 Å². The summed E-state index contributed by atoms with van der Waals surface area (Å²) in [4.78, 5) is 0. The van der Waals surface area contributed by atoms with Gasteiger partial charge in [0.1, 0.15) is 0 Å². The third-order valence-corrected chi connectivity index (χ3v) is 2.70. The molecule has 3 unspecified atom stereocenters. The van der Waals surface area contributed by atoms with Crippen LogP contribution in [0.15, 0.2) is 23.9 Å². The van der Waals surface area contributed by atoms with E-state index in [1.807, 2.05) is 0 Å². The Morgan fingerprint density at radius 2 is 2.36 bits per heavy atom. The van der Waals surface area contributed by atoms with Crippen molar-refractivity contribution < 1.29 is 0 Å². The minimum Gasteiger partial charge on any atom is -0.379 e. The Balaban J connectivity index is 2.02. The SMILES string of the molecule is C1=CC2NC1=CC1NNCC12. The molecule has 3 atom stereocenters. The normalized spacial score (nSPS) is 45.1. The zero-order chi connectivity index (χ0) is 7.26. The first-order valence-electron chi connectivity index (χ1n) is 4.08. The lowest BCUT2D eigenvalue weighted by molar-refractivity contribution is 0.427. The predicted molar refractivity (Wildman–Crippen MR) is 42.6 cm³/mol. The third-order valence-electron chi connectivity index (χ3n) is 2.70. The topological polar surface area (TPSA) is 36.1 Å². The fraction of sp³-hybridized carbons (Fsp3) is 0.500. The van der Waals surface area contributed by atoms with Crippen LogP contribution in [-0.4, -0.2) is 18.6 Å². The van der Waals surface area contributed by atoms with E-state index in [2.05, 4.69) is 34.4 Å². The van der Waals surface area contributed by atoms with Crippen molar-refractivity contribution in [2.24, 2.45) is 5.92 Å². The summed E-state index contributed by atoms with van der Waals surface area (Å²) >= 11 is 0. The van der Waals surface area contributed by atoms with Crippen LogP contribution in [0.25, 0.3) is 0 Å². The zero-order valence-corrected chi connectivity index (χ0v) is 6.17. The minimum absolute atomic E-state index is 0.534. The molecule has 3 aliphatic heterocycles. The highest BCUT2D eigenvalue weighted by Gasteiger charge is 2.36.